The second-order valence-electron chi connectivity index (χ2n) is 3.84. The van der Waals surface area contributed by atoms with E-state index in [1.54, 1.807) is 0 Å². The van der Waals surface area contributed by atoms with Gasteiger partial charge < -0.3 is 10.4 Å². The van der Waals surface area contributed by atoms with Gasteiger partial charge in [0.05, 0.1) is 0 Å². The van der Waals surface area contributed by atoms with Crippen molar-refractivity contribution in [3.63, 3.8) is 0 Å². The molecule has 0 aliphatic carbocycles. The summed E-state index contributed by atoms with van der Waals surface area (Å²) in [6.45, 7) is 4.77. The first-order valence-electron chi connectivity index (χ1n) is 5.23. The number of benzene rings is 1. The molecule has 0 saturated heterocycles. The molecule has 0 aliphatic rings. The highest BCUT2D eigenvalue weighted by Crippen LogP contribution is 2.24. The van der Waals surface area contributed by atoms with E-state index in [2.05, 4.69) is 21.2 Å². The van der Waals surface area contributed by atoms with Gasteiger partial charge in [0, 0.05) is 23.1 Å². The van der Waals surface area contributed by atoms with Crippen molar-refractivity contribution in [2.45, 2.75) is 26.7 Å². The van der Waals surface area contributed by atoms with Gasteiger partial charge >= 0.3 is 5.97 Å². The lowest BCUT2D eigenvalue weighted by Crippen LogP contribution is -2.07. The predicted molar refractivity (Wildman–Crippen MR) is 69.0 cm³/mol. The third kappa shape index (κ3) is 3.85. The summed E-state index contributed by atoms with van der Waals surface area (Å²) < 4.78 is 1.07. The molecule has 0 saturated carbocycles. The minimum Gasteiger partial charge on any atom is -0.481 e. The second kappa shape index (κ2) is 5.89. The zero-order valence-electron chi connectivity index (χ0n) is 9.51. The minimum atomic E-state index is -0.744. The largest absolute Gasteiger partial charge is 0.481 e. The molecule has 4 heteroatoms. The fourth-order valence-corrected chi connectivity index (χ4v) is 2.33. The molecular formula is C12H16BrNO2. The van der Waals surface area contributed by atoms with Crippen molar-refractivity contribution >= 4 is 27.6 Å². The zero-order valence-corrected chi connectivity index (χ0v) is 11.1. The van der Waals surface area contributed by atoms with Crippen LogP contribution in [0.2, 0.25) is 0 Å². The van der Waals surface area contributed by atoms with Crippen LogP contribution in [-0.4, -0.2) is 17.6 Å². The highest BCUT2D eigenvalue weighted by Gasteiger charge is 2.04. The molecule has 0 spiro atoms. The fourth-order valence-electron chi connectivity index (χ4n) is 1.64. The van der Waals surface area contributed by atoms with Crippen LogP contribution < -0.4 is 5.32 Å². The summed E-state index contributed by atoms with van der Waals surface area (Å²) in [6.07, 6.45) is 0.853. The molecule has 0 unspecified atom stereocenters. The number of aliphatic carboxylic acids is 1. The summed E-state index contributed by atoms with van der Waals surface area (Å²) >= 11 is 3.44. The Bertz CT molecular complexity index is 368. The Morgan fingerprint density at radius 3 is 2.44 bits per heavy atom. The molecule has 1 rings (SSSR count). The number of nitrogens with one attached hydrogen (secondary N) is 1. The normalized spacial score (nSPS) is 10.2. The van der Waals surface area contributed by atoms with Crippen molar-refractivity contribution in [1.82, 2.24) is 0 Å². The lowest BCUT2D eigenvalue weighted by molar-refractivity contribution is -0.137. The monoisotopic (exact) mass is 285 g/mol. The van der Waals surface area contributed by atoms with Gasteiger partial charge in [0.1, 0.15) is 0 Å². The highest BCUT2D eigenvalue weighted by molar-refractivity contribution is 9.10. The van der Waals surface area contributed by atoms with Crippen molar-refractivity contribution in [3.05, 3.63) is 27.7 Å². The molecule has 0 atom stereocenters. The van der Waals surface area contributed by atoms with Gasteiger partial charge in [-0.05, 0) is 43.5 Å². The number of halogens is 1. The lowest BCUT2D eigenvalue weighted by Gasteiger charge is -2.12. The van der Waals surface area contributed by atoms with Gasteiger partial charge in [-0.15, -0.1) is 0 Å². The Hall–Kier alpha value is -1.03. The first-order chi connectivity index (χ1) is 7.50. The van der Waals surface area contributed by atoms with Gasteiger partial charge in [0.25, 0.3) is 0 Å². The molecule has 88 valence electrons. The van der Waals surface area contributed by atoms with Crippen molar-refractivity contribution in [1.29, 1.82) is 0 Å². The van der Waals surface area contributed by atoms with Crippen molar-refractivity contribution in [2.75, 3.05) is 11.9 Å². The number of carbonyl (C=O) groups is 1. The van der Waals surface area contributed by atoms with E-state index < -0.39 is 5.97 Å². The van der Waals surface area contributed by atoms with Crippen LogP contribution in [0.4, 0.5) is 5.69 Å². The van der Waals surface area contributed by atoms with Crippen molar-refractivity contribution in [2.24, 2.45) is 0 Å². The predicted octanol–water partition coefficient (Wildman–Crippen LogP) is 3.34. The van der Waals surface area contributed by atoms with Gasteiger partial charge in [-0.25, -0.2) is 0 Å². The van der Waals surface area contributed by atoms with Crippen molar-refractivity contribution < 1.29 is 9.90 Å². The van der Waals surface area contributed by atoms with E-state index in [0.717, 1.165) is 10.2 Å². The van der Waals surface area contributed by atoms with Gasteiger partial charge in [-0.2, -0.15) is 0 Å². The van der Waals surface area contributed by atoms with Crippen LogP contribution in [0.25, 0.3) is 0 Å². The average molecular weight is 286 g/mol. The highest BCUT2D eigenvalue weighted by atomic mass is 79.9. The number of aryl methyl sites for hydroxylation is 2. The molecule has 0 aliphatic heterocycles. The Morgan fingerprint density at radius 2 is 1.94 bits per heavy atom. The third-order valence-electron chi connectivity index (χ3n) is 2.37. The molecule has 0 amide bonds. The summed E-state index contributed by atoms with van der Waals surface area (Å²) in [5.41, 5.74) is 3.44. The first kappa shape index (κ1) is 13.0. The Labute approximate surface area is 104 Å². The third-order valence-corrected chi connectivity index (χ3v) is 2.82. The Balaban J connectivity index is 2.57. The van der Waals surface area contributed by atoms with E-state index in [1.165, 1.54) is 11.1 Å². The molecule has 0 fully saturated rings. The number of hydrogen-bond acceptors (Lipinski definition) is 2. The number of carboxylic acid groups (broad SMARTS) is 1. The number of carboxylic acids is 1. The van der Waals surface area contributed by atoms with E-state index in [-0.39, 0.29) is 6.42 Å². The van der Waals surface area contributed by atoms with E-state index in [1.807, 2.05) is 26.0 Å². The number of anilines is 1. The molecule has 1 aromatic carbocycles. The fraction of sp³-hybridized carbons (Fsp3) is 0.417. The van der Waals surface area contributed by atoms with E-state index in [4.69, 9.17) is 5.11 Å². The standard InChI is InChI=1S/C12H16BrNO2/c1-8-6-10(13)7-9(2)12(8)14-5-3-4-11(15)16/h6-7,14H,3-5H2,1-2H3,(H,15,16). The molecule has 0 radical (unpaired) electrons. The van der Waals surface area contributed by atoms with E-state index in [0.29, 0.717) is 13.0 Å². The summed E-state index contributed by atoms with van der Waals surface area (Å²) in [7, 11) is 0. The summed E-state index contributed by atoms with van der Waals surface area (Å²) in [5.74, 6) is -0.744. The quantitative estimate of drug-likeness (QED) is 0.816. The molecule has 3 nitrogen and oxygen atoms in total. The number of hydrogen-bond donors (Lipinski definition) is 2. The average Bonchev–Trinajstić information content (AvgIpc) is 2.14. The summed E-state index contributed by atoms with van der Waals surface area (Å²) in [4.78, 5) is 10.4. The SMILES string of the molecule is Cc1cc(Br)cc(C)c1NCCCC(=O)O. The van der Waals surface area contributed by atoms with Crippen molar-refractivity contribution in [3.8, 4) is 0 Å². The Kier molecular flexibility index (Phi) is 4.80. The first-order valence-corrected chi connectivity index (χ1v) is 6.02. The summed E-state index contributed by atoms with van der Waals surface area (Å²) in [5, 5.41) is 11.8. The molecular weight excluding hydrogens is 270 g/mol. The minimum absolute atomic E-state index is 0.210. The van der Waals surface area contributed by atoms with E-state index >= 15 is 0 Å². The second-order valence-corrected chi connectivity index (χ2v) is 4.75. The van der Waals surface area contributed by atoms with Crippen LogP contribution in [0.5, 0.6) is 0 Å². The molecule has 1 aromatic rings. The van der Waals surface area contributed by atoms with Crippen LogP contribution in [-0.2, 0) is 4.79 Å². The molecule has 0 heterocycles. The Morgan fingerprint density at radius 1 is 1.38 bits per heavy atom. The maximum Gasteiger partial charge on any atom is 0.303 e. The van der Waals surface area contributed by atoms with Gasteiger partial charge in [-0.1, -0.05) is 15.9 Å². The zero-order chi connectivity index (χ0) is 12.1. The van der Waals surface area contributed by atoms with E-state index in [9.17, 15) is 4.79 Å². The smallest absolute Gasteiger partial charge is 0.303 e. The topological polar surface area (TPSA) is 49.3 Å². The van der Waals surface area contributed by atoms with Crippen LogP contribution in [0, 0.1) is 13.8 Å². The lowest BCUT2D eigenvalue weighted by atomic mass is 10.1. The van der Waals surface area contributed by atoms with Crippen LogP contribution in [0.3, 0.4) is 0 Å². The molecule has 0 bridgehead atoms. The van der Waals surface area contributed by atoms with Crippen LogP contribution >= 0.6 is 15.9 Å². The molecule has 2 N–H and O–H groups in total. The maximum atomic E-state index is 10.4. The molecule has 16 heavy (non-hydrogen) atoms. The van der Waals surface area contributed by atoms with Gasteiger partial charge in [-0.3, -0.25) is 4.79 Å². The van der Waals surface area contributed by atoms with Gasteiger partial charge in [0.2, 0.25) is 0 Å². The van der Waals surface area contributed by atoms with Crippen LogP contribution in [0.1, 0.15) is 24.0 Å². The number of rotatable bonds is 5. The maximum absolute atomic E-state index is 10.4. The molecule has 0 aromatic heterocycles. The van der Waals surface area contributed by atoms with Crippen LogP contribution in [0.15, 0.2) is 16.6 Å². The summed E-state index contributed by atoms with van der Waals surface area (Å²) in [6, 6.07) is 4.10. The van der Waals surface area contributed by atoms with Gasteiger partial charge in [0.15, 0.2) is 0 Å².